The zero-order chi connectivity index (χ0) is 16.7. The maximum Gasteiger partial charge on any atom is 0.234 e. The van der Waals surface area contributed by atoms with Gasteiger partial charge in [-0.25, -0.2) is 19.3 Å². The van der Waals surface area contributed by atoms with Crippen LogP contribution in [0.1, 0.15) is 0 Å². The van der Waals surface area contributed by atoms with Gasteiger partial charge in [0.25, 0.3) is 0 Å². The fourth-order valence-corrected chi connectivity index (χ4v) is 2.50. The molecule has 0 unspecified atom stereocenters. The van der Waals surface area contributed by atoms with Gasteiger partial charge >= 0.3 is 0 Å². The summed E-state index contributed by atoms with van der Waals surface area (Å²) in [5, 5.41) is 0. The Kier molecular flexibility index (Phi) is 3.19. The van der Waals surface area contributed by atoms with Gasteiger partial charge < -0.3 is 5.73 Å². The van der Waals surface area contributed by atoms with Crippen LogP contribution in [0.4, 0.5) is 14.5 Å². The fraction of sp³-hybridized carbons (Fsp3) is 0. The van der Waals surface area contributed by atoms with Crippen molar-refractivity contribution in [1.82, 2.24) is 19.4 Å². The fourth-order valence-electron chi connectivity index (χ4n) is 2.50. The van der Waals surface area contributed by atoms with Crippen molar-refractivity contribution in [3.8, 4) is 22.6 Å². The van der Waals surface area contributed by atoms with Gasteiger partial charge in [-0.3, -0.25) is 4.40 Å². The molecule has 0 saturated carbocycles. The Balaban J connectivity index is 1.85. The summed E-state index contributed by atoms with van der Waals surface area (Å²) in [4.78, 5) is 12.4. The third-order valence-corrected chi connectivity index (χ3v) is 3.62. The molecule has 118 valence electrons. The monoisotopic (exact) mass is 323 g/mol. The lowest BCUT2D eigenvalue weighted by Gasteiger charge is -2.05. The van der Waals surface area contributed by atoms with Crippen LogP contribution in [0, 0.1) is 11.8 Å². The number of fused-ring (bicyclic) bond motifs is 1. The Labute approximate surface area is 135 Å². The molecule has 4 aromatic rings. The summed E-state index contributed by atoms with van der Waals surface area (Å²) in [6.45, 7) is 0. The molecule has 0 saturated heterocycles. The Morgan fingerprint density at radius 2 is 1.83 bits per heavy atom. The van der Waals surface area contributed by atoms with Gasteiger partial charge in [0.15, 0.2) is 0 Å². The molecule has 7 heteroatoms. The number of pyridine rings is 1. The van der Waals surface area contributed by atoms with E-state index in [-0.39, 0.29) is 0 Å². The molecule has 0 amide bonds. The normalized spacial score (nSPS) is 11.1. The average Bonchev–Trinajstić information content (AvgIpc) is 3.00. The number of hydrogen-bond acceptors (Lipinski definition) is 4. The van der Waals surface area contributed by atoms with Crippen molar-refractivity contribution >= 4 is 11.5 Å². The van der Waals surface area contributed by atoms with E-state index in [0.29, 0.717) is 34.1 Å². The molecule has 0 aliphatic rings. The Morgan fingerprint density at radius 3 is 2.67 bits per heavy atom. The van der Waals surface area contributed by atoms with E-state index in [0.717, 1.165) is 0 Å². The number of aromatic nitrogens is 4. The molecule has 0 aliphatic heterocycles. The molecular weight excluding hydrogens is 312 g/mol. The van der Waals surface area contributed by atoms with Crippen LogP contribution in [0.2, 0.25) is 0 Å². The second kappa shape index (κ2) is 5.38. The molecule has 3 heterocycles. The van der Waals surface area contributed by atoms with Gasteiger partial charge in [0, 0.05) is 17.4 Å². The first-order chi connectivity index (χ1) is 11.6. The van der Waals surface area contributed by atoms with Crippen molar-refractivity contribution in [3.63, 3.8) is 0 Å². The average molecular weight is 323 g/mol. The summed E-state index contributed by atoms with van der Waals surface area (Å²) in [5.74, 6) is -0.635. The quantitative estimate of drug-likeness (QED) is 0.454. The van der Waals surface area contributed by atoms with E-state index < -0.39 is 11.8 Å². The van der Waals surface area contributed by atoms with Crippen molar-refractivity contribution in [3.05, 3.63) is 66.6 Å². The molecule has 0 spiro atoms. The maximum atomic E-state index is 14.0. The predicted octanol–water partition coefficient (Wildman–Crippen LogP) is 3.32. The number of rotatable bonds is 2. The Bertz CT molecular complexity index is 1060. The zero-order valence-corrected chi connectivity index (χ0v) is 12.3. The summed E-state index contributed by atoms with van der Waals surface area (Å²) in [5.41, 5.74) is 7.90. The summed E-state index contributed by atoms with van der Waals surface area (Å²) in [6, 6.07) is 10.5. The van der Waals surface area contributed by atoms with Crippen molar-refractivity contribution in [2.24, 2.45) is 0 Å². The van der Waals surface area contributed by atoms with Gasteiger partial charge in [0.1, 0.15) is 5.82 Å². The van der Waals surface area contributed by atoms with Crippen LogP contribution in [0.5, 0.6) is 0 Å². The molecule has 3 aromatic heterocycles. The SMILES string of the molecule is Nc1ccc(F)c(-c2ccn3c(-c4cccc(F)n4)cnc3n2)c1. The lowest BCUT2D eigenvalue weighted by molar-refractivity contribution is 0.585. The van der Waals surface area contributed by atoms with Crippen LogP contribution in [0.3, 0.4) is 0 Å². The minimum absolute atomic E-state index is 0.297. The molecule has 4 rings (SSSR count). The molecule has 2 N–H and O–H groups in total. The minimum Gasteiger partial charge on any atom is -0.399 e. The third kappa shape index (κ3) is 2.36. The second-order valence-electron chi connectivity index (χ2n) is 5.21. The van der Waals surface area contributed by atoms with E-state index in [2.05, 4.69) is 15.0 Å². The van der Waals surface area contributed by atoms with Crippen LogP contribution in [-0.4, -0.2) is 19.4 Å². The summed E-state index contributed by atoms with van der Waals surface area (Å²) < 4.78 is 29.0. The van der Waals surface area contributed by atoms with Crippen molar-refractivity contribution in [2.45, 2.75) is 0 Å². The van der Waals surface area contributed by atoms with E-state index in [1.165, 1.54) is 24.3 Å². The highest BCUT2D eigenvalue weighted by Crippen LogP contribution is 2.25. The number of nitrogens with two attached hydrogens (primary N) is 1. The topological polar surface area (TPSA) is 69.1 Å². The van der Waals surface area contributed by atoms with E-state index in [4.69, 9.17) is 5.73 Å². The lowest BCUT2D eigenvalue weighted by Crippen LogP contribution is -1.97. The van der Waals surface area contributed by atoms with Crippen LogP contribution in [0.25, 0.3) is 28.4 Å². The van der Waals surface area contributed by atoms with Crippen LogP contribution < -0.4 is 5.73 Å². The number of nitrogens with zero attached hydrogens (tertiary/aromatic N) is 4. The number of imidazole rings is 1. The first kappa shape index (κ1) is 14.3. The molecule has 1 aromatic carbocycles. The van der Waals surface area contributed by atoms with Crippen molar-refractivity contribution < 1.29 is 8.78 Å². The highest BCUT2D eigenvalue weighted by Gasteiger charge is 2.12. The number of hydrogen-bond donors (Lipinski definition) is 1. The maximum absolute atomic E-state index is 14.0. The van der Waals surface area contributed by atoms with Crippen LogP contribution >= 0.6 is 0 Å². The lowest BCUT2D eigenvalue weighted by atomic mass is 10.1. The number of benzene rings is 1. The van der Waals surface area contributed by atoms with Gasteiger partial charge in [-0.15, -0.1) is 0 Å². The van der Waals surface area contributed by atoms with E-state index in [1.807, 2.05) is 0 Å². The number of anilines is 1. The predicted molar refractivity (Wildman–Crippen MR) is 86.0 cm³/mol. The largest absolute Gasteiger partial charge is 0.399 e. The van der Waals surface area contributed by atoms with Crippen molar-refractivity contribution in [2.75, 3.05) is 5.73 Å². The molecule has 0 aliphatic carbocycles. The highest BCUT2D eigenvalue weighted by atomic mass is 19.1. The zero-order valence-electron chi connectivity index (χ0n) is 12.3. The summed E-state index contributed by atoms with van der Waals surface area (Å²) in [6.07, 6.45) is 3.23. The molecule has 0 atom stereocenters. The van der Waals surface area contributed by atoms with Gasteiger partial charge in [-0.1, -0.05) is 6.07 Å². The van der Waals surface area contributed by atoms with Crippen LogP contribution in [0.15, 0.2) is 54.9 Å². The van der Waals surface area contributed by atoms with E-state index in [1.54, 1.807) is 35.0 Å². The van der Waals surface area contributed by atoms with Gasteiger partial charge in [-0.2, -0.15) is 4.39 Å². The number of nitrogen functional groups attached to an aromatic ring is 1. The van der Waals surface area contributed by atoms with Gasteiger partial charge in [0.2, 0.25) is 11.7 Å². The summed E-state index contributed by atoms with van der Waals surface area (Å²) >= 11 is 0. The molecule has 0 fully saturated rings. The van der Waals surface area contributed by atoms with Crippen LogP contribution in [-0.2, 0) is 0 Å². The standard InChI is InChI=1S/C17H11F2N5/c18-12-5-4-10(20)8-11(12)13-6-7-24-15(9-21-17(24)23-13)14-2-1-3-16(19)22-14/h1-9H,20H2. The Hall–Kier alpha value is -3.35. The molecule has 5 nitrogen and oxygen atoms in total. The van der Waals surface area contributed by atoms with Crippen molar-refractivity contribution in [1.29, 1.82) is 0 Å². The van der Waals surface area contributed by atoms with Gasteiger partial charge in [-0.05, 0) is 36.4 Å². The smallest absolute Gasteiger partial charge is 0.234 e. The Morgan fingerprint density at radius 1 is 0.958 bits per heavy atom. The first-order valence-corrected chi connectivity index (χ1v) is 7.14. The van der Waals surface area contributed by atoms with E-state index in [9.17, 15) is 8.78 Å². The molecule has 24 heavy (non-hydrogen) atoms. The molecule has 0 bridgehead atoms. The second-order valence-corrected chi connectivity index (χ2v) is 5.21. The third-order valence-electron chi connectivity index (χ3n) is 3.62. The summed E-state index contributed by atoms with van der Waals surface area (Å²) in [7, 11) is 0. The molecule has 0 radical (unpaired) electrons. The minimum atomic E-state index is -0.575. The highest BCUT2D eigenvalue weighted by molar-refractivity contribution is 5.67. The molecular formula is C17H11F2N5. The van der Waals surface area contributed by atoms with Gasteiger partial charge in [0.05, 0.1) is 23.3 Å². The van der Waals surface area contributed by atoms with E-state index >= 15 is 0 Å². The first-order valence-electron chi connectivity index (χ1n) is 7.14. The number of halogens is 2.